The molecule has 10 aromatic carbocycles. The van der Waals surface area contributed by atoms with Crippen LogP contribution in [0.25, 0.3) is 76.2 Å². The summed E-state index contributed by atoms with van der Waals surface area (Å²) in [5, 5.41) is 11.5. The highest BCUT2D eigenvalue weighted by atomic mass is 16.3. The largest absolute Gasteiger partial charge is 0.456 e. The summed E-state index contributed by atoms with van der Waals surface area (Å²) in [7, 11) is 0. The molecule has 0 fully saturated rings. The third-order valence-electron chi connectivity index (χ3n) is 12.1. The molecule has 2 heterocycles. The van der Waals surface area contributed by atoms with E-state index in [2.05, 4.69) is 194 Å². The maximum Gasteiger partial charge on any atom is 0.135 e. The van der Waals surface area contributed by atoms with Crippen molar-refractivity contribution >= 4 is 110 Å². The Balaban J connectivity index is 1.16. The molecule has 0 radical (unpaired) electrons. The summed E-state index contributed by atoms with van der Waals surface area (Å²) in [6, 6.07) is 69.8. The molecule has 284 valence electrons. The maximum absolute atomic E-state index is 6.30. The van der Waals surface area contributed by atoms with Gasteiger partial charge in [0.1, 0.15) is 22.3 Å². The Kier molecular flexibility index (Phi) is 7.63. The summed E-state index contributed by atoms with van der Waals surface area (Å²) >= 11 is 0. The van der Waals surface area contributed by atoms with Crippen molar-refractivity contribution in [2.45, 2.75) is 13.8 Å². The topological polar surface area (TPSA) is 32.8 Å². The van der Waals surface area contributed by atoms with E-state index >= 15 is 0 Å². The molecule has 0 amide bonds. The van der Waals surface area contributed by atoms with Crippen molar-refractivity contribution in [3.05, 3.63) is 205 Å². The fourth-order valence-electron chi connectivity index (χ4n) is 9.32. The lowest BCUT2D eigenvalue weighted by atomic mass is 9.92. The van der Waals surface area contributed by atoms with Gasteiger partial charge in [0, 0.05) is 55.1 Å². The van der Waals surface area contributed by atoms with Crippen LogP contribution in [-0.4, -0.2) is 0 Å². The van der Waals surface area contributed by atoms with Crippen molar-refractivity contribution in [2.24, 2.45) is 0 Å². The predicted octanol–water partition coefficient (Wildman–Crippen LogP) is 16.5. The number of anilines is 6. The van der Waals surface area contributed by atoms with Gasteiger partial charge in [-0.15, -0.1) is 0 Å². The monoisotopic (exact) mass is 770 g/mol. The van der Waals surface area contributed by atoms with Gasteiger partial charge in [-0.05, 0) is 132 Å². The molecule has 0 saturated carbocycles. The van der Waals surface area contributed by atoms with Crippen molar-refractivity contribution in [1.29, 1.82) is 0 Å². The molecule has 0 aliphatic rings. The van der Waals surface area contributed by atoms with Crippen LogP contribution in [-0.2, 0) is 0 Å². The van der Waals surface area contributed by atoms with Gasteiger partial charge in [0.25, 0.3) is 0 Å². The summed E-state index contributed by atoms with van der Waals surface area (Å²) in [6.45, 7) is 4.37. The van der Waals surface area contributed by atoms with E-state index < -0.39 is 0 Å². The molecule has 0 saturated heterocycles. The highest BCUT2D eigenvalue weighted by Crippen LogP contribution is 2.49. The van der Waals surface area contributed by atoms with Crippen LogP contribution in [0.2, 0.25) is 0 Å². The second kappa shape index (κ2) is 13.4. The zero-order valence-corrected chi connectivity index (χ0v) is 33.2. The van der Waals surface area contributed by atoms with Crippen molar-refractivity contribution in [3.8, 4) is 0 Å². The van der Waals surface area contributed by atoms with E-state index in [1.807, 2.05) is 24.3 Å². The second-order valence-electron chi connectivity index (χ2n) is 15.9. The first-order valence-corrected chi connectivity index (χ1v) is 20.5. The molecule has 60 heavy (non-hydrogen) atoms. The highest BCUT2D eigenvalue weighted by Gasteiger charge is 2.23. The minimum Gasteiger partial charge on any atom is -0.456 e. The number of para-hydroxylation sites is 4. The number of hydrogen-bond donors (Lipinski definition) is 0. The van der Waals surface area contributed by atoms with Crippen LogP contribution >= 0.6 is 0 Å². The molecule has 0 bridgehead atoms. The summed E-state index contributed by atoms with van der Waals surface area (Å²) in [5.74, 6) is 0. The van der Waals surface area contributed by atoms with E-state index in [4.69, 9.17) is 8.83 Å². The number of nitrogens with zero attached hydrogens (tertiary/aromatic N) is 2. The molecule has 0 N–H and O–H groups in total. The Labute approximate surface area is 346 Å². The van der Waals surface area contributed by atoms with Crippen LogP contribution in [0.4, 0.5) is 34.1 Å². The lowest BCUT2D eigenvalue weighted by Crippen LogP contribution is -2.12. The van der Waals surface area contributed by atoms with Gasteiger partial charge in [-0.25, -0.2) is 0 Å². The van der Waals surface area contributed by atoms with Crippen molar-refractivity contribution < 1.29 is 8.83 Å². The van der Waals surface area contributed by atoms with Gasteiger partial charge in [0.05, 0.1) is 11.4 Å². The molecular formula is C56H38N2O2. The van der Waals surface area contributed by atoms with Gasteiger partial charge in [-0.1, -0.05) is 108 Å². The summed E-state index contributed by atoms with van der Waals surface area (Å²) < 4.78 is 12.6. The van der Waals surface area contributed by atoms with E-state index in [0.717, 1.165) is 78.0 Å². The summed E-state index contributed by atoms with van der Waals surface area (Å²) in [4.78, 5) is 4.83. The predicted molar refractivity (Wildman–Crippen MR) is 252 cm³/mol. The molecule has 0 atom stereocenters. The smallest absolute Gasteiger partial charge is 0.135 e. The van der Waals surface area contributed by atoms with E-state index in [0.29, 0.717) is 0 Å². The SMILES string of the molecule is Cc1ccc2c(c1)c(N(c1ccccc1)c1ccc3oc4ccccc4c3c1)cc1c3ccc(C)cc3c(N(c3ccccc3)c3ccc4oc5ccccc5c4c3)cc21. The van der Waals surface area contributed by atoms with E-state index in [1.54, 1.807) is 0 Å². The first kappa shape index (κ1) is 34.2. The number of hydrogen-bond acceptors (Lipinski definition) is 4. The van der Waals surface area contributed by atoms with Gasteiger partial charge in [0.15, 0.2) is 0 Å². The molecule has 4 nitrogen and oxygen atoms in total. The molecule has 4 heteroatoms. The van der Waals surface area contributed by atoms with Crippen LogP contribution in [0.5, 0.6) is 0 Å². The highest BCUT2D eigenvalue weighted by molar-refractivity contribution is 6.25. The van der Waals surface area contributed by atoms with E-state index in [9.17, 15) is 0 Å². The van der Waals surface area contributed by atoms with E-state index in [1.165, 1.54) is 43.4 Å². The lowest BCUT2D eigenvalue weighted by Gasteiger charge is -2.30. The van der Waals surface area contributed by atoms with Crippen molar-refractivity contribution in [3.63, 3.8) is 0 Å². The van der Waals surface area contributed by atoms with Gasteiger partial charge >= 0.3 is 0 Å². The quantitative estimate of drug-likeness (QED) is 0.158. The molecule has 0 unspecified atom stereocenters. The van der Waals surface area contributed by atoms with Gasteiger partial charge in [0.2, 0.25) is 0 Å². The average molecular weight is 771 g/mol. The molecule has 12 aromatic rings. The summed E-state index contributed by atoms with van der Waals surface area (Å²) in [5.41, 5.74) is 12.5. The second-order valence-corrected chi connectivity index (χ2v) is 15.9. The Morgan fingerprint density at radius 1 is 0.267 bits per heavy atom. The normalized spacial score (nSPS) is 11.8. The Bertz CT molecular complexity index is 3400. The zero-order chi connectivity index (χ0) is 39.9. The molecule has 0 aliphatic carbocycles. The first-order chi connectivity index (χ1) is 29.6. The third-order valence-corrected chi connectivity index (χ3v) is 12.1. The number of aryl methyl sites for hydroxylation is 2. The van der Waals surface area contributed by atoms with Crippen molar-refractivity contribution in [1.82, 2.24) is 0 Å². The standard InChI is InChI=1S/C56H38N2O2/c1-35-21-25-41-45-34-52(58(38-15-7-4-8-16-38)40-24-28-56-50(32-40)44-18-10-12-20-54(44)60-56)48-30-36(2)22-26-42(48)46(45)33-51(47(41)29-35)57(37-13-5-3-6-14-37)39-23-27-55-49(31-39)43-17-9-11-19-53(43)59-55/h3-34H,1-2H3. The molecule has 0 aliphatic heterocycles. The number of benzene rings is 10. The van der Waals surface area contributed by atoms with Crippen LogP contribution in [0, 0.1) is 13.8 Å². The first-order valence-electron chi connectivity index (χ1n) is 20.5. The number of furan rings is 2. The summed E-state index contributed by atoms with van der Waals surface area (Å²) in [6.07, 6.45) is 0. The number of rotatable bonds is 6. The average Bonchev–Trinajstić information content (AvgIpc) is 3.85. The van der Waals surface area contributed by atoms with Crippen LogP contribution in [0.3, 0.4) is 0 Å². The molecule has 2 aromatic heterocycles. The molecule has 0 spiro atoms. The fraction of sp³-hybridized carbons (Fsp3) is 0.0357. The zero-order valence-electron chi connectivity index (χ0n) is 33.2. The minimum atomic E-state index is 0.879. The lowest BCUT2D eigenvalue weighted by molar-refractivity contribution is 0.668. The Hall–Kier alpha value is -7.82. The Morgan fingerprint density at radius 2 is 0.667 bits per heavy atom. The fourth-order valence-corrected chi connectivity index (χ4v) is 9.32. The Morgan fingerprint density at radius 3 is 1.12 bits per heavy atom. The maximum atomic E-state index is 6.30. The van der Waals surface area contributed by atoms with Gasteiger partial charge in [-0.3, -0.25) is 0 Å². The van der Waals surface area contributed by atoms with E-state index in [-0.39, 0.29) is 0 Å². The van der Waals surface area contributed by atoms with Crippen LogP contribution < -0.4 is 9.80 Å². The van der Waals surface area contributed by atoms with Crippen molar-refractivity contribution in [2.75, 3.05) is 9.80 Å². The van der Waals surface area contributed by atoms with Crippen LogP contribution in [0.1, 0.15) is 11.1 Å². The minimum absolute atomic E-state index is 0.879. The van der Waals surface area contributed by atoms with Crippen LogP contribution in [0.15, 0.2) is 203 Å². The molecule has 12 rings (SSSR count). The number of fused-ring (bicyclic) bond motifs is 11. The van der Waals surface area contributed by atoms with Gasteiger partial charge < -0.3 is 18.6 Å². The third kappa shape index (κ3) is 5.38. The molecular weight excluding hydrogens is 733 g/mol. The van der Waals surface area contributed by atoms with Gasteiger partial charge in [-0.2, -0.15) is 0 Å².